The molecule has 4 aliphatic carbocycles. The summed E-state index contributed by atoms with van der Waals surface area (Å²) in [6.45, 7) is 1.96. The van der Waals surface area contributed by atoms with E-state index in [1.54, 1.807) is 0 Å². The van der Waals surface area contributed by atoms with E-state index in [2.05, 4.69) is 48.5 Å². The lowest BCUT2D eigenvalue weighted by Gasteiger charge is -2.73. The van der Waals surface area contributed by atoms with Crippen LogP contribution in [0.3, 0.4) is 0 Å². The van der Waals surface area contributed by atoms with Gasteiger partial charge in [-0.3, -0.25) is 0 Å². The average molecular weight is 361 g/mol. The Morgan fingerprint density at radius 3 is 2.11 bits per heavy atom. The largest absolute Gasteiger partial charge is 0.448 e. The first-order chi connectivity index (χ1) is 13.1. The van der Waals surface area contributed by atoms with E-state index in [4.69, 9.17) is 4.74 Å². The molecule has 1 saturated heterocycles. The van der Waals surface area contributed by atoms with Crippen molar-refractivity contribution in [1.82, 2.24) is 4.90 Å². The van der Waals surface area contributed by atoms with Gasteiger partial charge < -0.3 is 14.7 Å². The molecule has 3 saturated carbocycles. The molecule has 1 aliphatic heterocycles. The highest BCUT2D eigenvalue weighted by atomic mass is 16.6. The zero-order valence-electron chi connectivity index (χ0n) is 15.2. The second kappa shape index (κ2) is 5.14. The SMILES string of the molecule is O=C(OCC1c2ccccc2-c2ccccc21)N1CC(C23CC(O)(C2)C3)C1. The van der Waals surface area contributed by atoms with Crippen LogP contribution in [-0.2, 0) is 4.74 Å². The lowest BCUT2D eigenvalue weighted by molar-refractivity contribution is -0.296. The molecule has 0 aromatic heterocycles. The smallest absolute Gasteiger partial charge is 0.409 e. The van der Waals surface area contributed by atoms with Gasteiger partial charge in [-0.1, -0.05) is 48.5 Å². The van der Waals surface area contributed by atoms with Gasteiger partial charge in [-0.15, -0.1) is 0 Å². The summed E-state index contributed by atoms with van der Waals surface area (Å²) in [6, 6.07) is 16.8. The Morgan fingerprint density at radius 1 is 1.00 bits per heavy atom. The highest BCUT2D eigenvalue weighted by Crippen LogP contribution is 2.71. The summed E-state index contributed by atoms with van der Waals surface area (Å²) in [5.74, 6) is 0.664. The number of carbonyl (C=O) groups excluding carboxylic acids is 1. The molecule has 27 heavy (non-hydrogen) atoms. The van der Waals surface area contributed by atoms with Gasteiger partial charge in [-0.25, -0.2) is 4.79 Å². The molecular formula is C23H23NO3. The van der Waals surface area contributed by atoms with E-state index in [1.165, 1.54) is 22.3 Å². The predicted octanol–water partition coefficient (Wildman–Crippen LogP) is 3.78. The third kappa shape index (κ3) is 2.10. The molecule has 1 N–H and O–H groups in total. The number of amides is 1. The van der Waals surface area contributed by atoms with Crippen LogP contribution in [0.15, 0.2) is 48.5 Å². The number of rotatable bonds is 3. The zero-order valence-corrected chi connectivity index (χ0v) is 15.2. The molecule has 2 aromatic rings. The van der Waals surface area contributed by atoms with Crippen molar-refractivity contribution in [3.8, 4) is 11.1 Å². The Morgan fingerprint density at radius 2 is 1.56 bits per heavy atom. The van der Waals surface area contributed by atoms with E-state index in [0.717, 1.165) is 32.4 Å². The summed E-state index contributed by atoms with van der Waals surface area (Å²) in [6.07, 6.45) is 2.61. The highest BCUT2D eigenvalue weighted by molar-refractivity contribution is 5.79. The quantitative estimate of drug-likeness (QED) is 0.905. The van der Waals surface area contributed by atoms with Crippen molar-refractivity contribution in [3.05, 3.63) is 59.7 Å². The number of likely N-dealkylation sites (tertiary alicyclic amines) is 1. The number of hydrogen-bond donors (Lipinski definition) is 1. The first kappa shape index (κ1) is 15.7. The van der Waals surface area contributed by atoms with Crippen molar-refractivity contribution < 1.29 is 14.6 Å². The lowest BCUT2D eigenvalue weighted by atomic mass is 9.36. The Balaban J connectivity index is 1.11. The molecule has 4 nitrogen and oxygen atoms in total. The fourth-order valence-corrected chi connectivity index (χ4v) is 5.94. The maximum Gasteiger partial charge on any atom is 0.409 e. The third-order valence-electron chi connectivity index (χ3n) is 7.39. The molecule has 0 atom stereocenters. The van der Waals surface area contributed by atoms with Gasteiger partial charge in [-0.05, 0) is 46.9 Å². The number of nitrogens with zero attached hydrogens (tertiary/aromatic N) is 1. The summed E-state index contributed by atoms with van der Waals surface area (Å²) in [7, 11) is 0. The molecule has 0 radical (unpaired) electrons. The number of fused-ring (bicyclic) bond motifs is 3. The minimum absolute atomic E-state index is 0.116. The van der Waals surface area contributed by atoms with Gasteiger partial charge in [0, 0.05) is 24.9 Å². The Labute approximate surface area is 158 Å². The molecule has 1 heterocycles. The number of carbonyl (C=O) groups is 1. The summed E-state index contributed by atoms with van der Waals surface area (Å²) in [4.78, 5) is 14.3. The summed E-state index contributed by atoms with van der Waals surface area (Å²) >= 11 is 0. The number of benzene rings is 2. The first-order valence-corrected chi connectivity index (χ1v) is 9.89. The zero-order chi connectivity index (χ0) is 18.2. The van der Waals surface area contributed by atoms with Gasteiger partial charge >= 0.3 is 6.09 Å². The molecule has 5 aliphatic rings. The van der Waals surface area contributed by atoms with E-state index >= 15 is 0 Å². The van der Waals surface area contributed by atoms with Crippen LogP contribution in [0, 0.1) is 11.3 Å². The van der Waals surface area contributed by atoms with Gasteiger partial charge in [-0.2, -0.15) is 0 Å². The second-order valence-electron chi connectivity index (χ2n) is 9.02. The predicted molar refractivity (Wildman–Crippen MR) is 101 cm³/mol. The van der Waals surface area contributed by atoms with Gasteiger partial charge in [0.15, 0.2) is 0 Å². The summed E-state index contributed by atoms with van der Waals surface area (Å²) in [5.41, 5.74) is 4.96. The number of aliphatic hydroxyl groups is 1. The van der Waals surface area contributed by atoms with E-state index in [9.17, 15) is 9.90 Å². The first-order valence-electron chi connectivity index (χ1n) is 9.89. The minimum Gasteiger partial charge on any atom is -0.448 e. The maximum atomic E-state index is 12.5. The summed E-state index contributed by atoms with van der Waals surface area (Å²) in [5, 5.41) is 9.95. The second-order valence-corrected chi connectivity index (χ2v) is 9.02. The normalized spacial score (nSPS) is 30.6. The monoisotopic (exact) mass is 361 g/mol. The topological polar surface area (TPSA) is 49.8 Å². The van der Waals surface area contributed by atoms with Crippen molar-refractivity contribution in [2.75, 3.05) is 19.7 Å². The van der Waals surface area contributed by atoms with Crippen LogP contribution < -0.4 is 0 Å². The summed E-state index contributed by atoms with van der Waals surface area (Å²) < 4.78 is 5.73. The van der Waals surface area contributed by atoms with Gasteiger partial charge in [0.25, 0.3) is 0 Å². The molecule has 2 aromatic carbocycles. The van der Waals surface area contributed by atoms with E-state index in [-0.39, 0.29) is 17.6 Å². The van der Waals surface area contributed by atoms with Gasteiger partial charge in [0.1, 0.15) is 6.61 Å². The Kier molecular flexibility index (Phi) is 2.99. The van der Waals surface area contributed by atoms with Crippen molar-refractivity contribution in [3.63, 3.8) is 0 Å². The molecule has 2 bridgehead atoms. The lowest BCUT2D eigenvalue weighted by Crippen LogP contribution is -2.74. The molecule has 7 rings (SSSR count). The van der Waals surface area contributed by atoms with E-state index in [0.29, 0.717) is 17.9 Å². The molecule has 1 amide bonds. The average Bonchev–Trinajstić information content (AvgIpc) is 2.90. The fraction of sp³-hybridized carbons (Fsp3) is 0.435. The fourth-order valence-electron chi connectivity index (χ4n) is 5.94. The third-order valence-corrected chi connectivity index (χ3v) is 7.39. The number of ether oxygens (including phenoxy) is 1. The van der Waals surface area contributed by atoms with Crippen molar-refractivity contribution in [2.24, 2.45) is 11.3 Å². The van der Waals surface area contributed by atoms with Crippen molar-refractivity contribution >= 4 is 6.09 Å². The minimum atomic E-state index is -0.357. The highest BCUT2D eigenvalue weighted by Gasteiger charge is 2.71. The van der Waals surface area contributed by atoms with E-state index < -0.39 is 0 Å². The number of hydrogen-bond acceptors (Lipinski definition) is 3. The van der Waals surface area contributed by atoms with Crippen LogP contribution in [0.5, 0.6) is 0 Å². The Bertz CT molecular complexity index is 881. The van der Waals surface area contributed by atoms with Gasteiger partial charge in [0.05, 0.1) is 5.60 Å². The van der Waals surface area contributed by atoms with Crippen LogP contribution in [0.1, 0.15) is 36.3 Å². The van der Waals surface area contributed by atoms with Crippen LogP contribution in [0.4, 0.5) is 4.79 Å². The van der Waals surface area contributed by atoms with Crippen LogP contribution >= 0.6 is 0 Å². The van der Waals surface area contributed by atoms with Crippen molar-refractivity contribution in [2.45, 2.75) is 30.8 Å². The molecular weight excluding hydrogens is 338 g/mol. The van der Waals surface area contributed by atoms with Gasteiger partial charge in [0.2, 0.25) is 0 Å². The molecule has 0 spiro atoms. The molecule has 0 unspecified atom stereocenters. The molecule has 4 heteroatoms. The Hall–Kier alpha value is -2.33. The maximum absolute atomic E-state index is 12.5. The standard InChI is InChI=1S/C23H23NO3/c25-21(24-9-15(10-24)22-12-23(26,13-22)14-22)27-11-20-18-7-3-1-5-16(18)17-6-2-4-8-19(17)20/h1-8,15,20,26H,9-14H2. The van der Waals surface area contributed by atoms with Crippen molar-refractivity contribution in [1.29, 1.82) is 0 Å². The molecule has 4 fully saturated rings. The van der Waals surface area contributed by atoms with Crippen LogP contribution in [0.25, 0.3) is 11.1 Å². The van der Waals surface area contributed by atoms with E-state index in [1.807, 2.05) is 4.90 Å². The van der Waals surface area contributed by atoms with Crippen LogP contribution in [0.2, 0.25) is 0 Å². The molecule has 138 valence electrons. The van der Waals surface area contributed by atoms with Crippen LogP contribution in [-0.4, -0.2) is 41.4 Å².